The van der Waals surface area contributed by atoms with Gasteiger partial charge in [-0.15, -0.1) is 0 Å². The normalized spacial score (nSPS) is 10.1. The lowest BCUT2D eigenvalue weighted by Crippen LogP contribution is -2.30. The molecule has 1 rings (SSSR count). The topological polar surface area (TPSA) is 111 Å². The molecule has 0 saturated carbocycles. The van der Waals surface area contributed by atoms with Gasteiger partial charge in [-0.2, -0.15) is 0 Å². The third-order valence-corrected chi connectivity index (χ3v) is 2.44. The second-order valence-corrected chi connectivity index (χ2v) is 4.05. The number of ether oxygens (including phenoxy) is 2. The molecule has 0 unspecified atom stereocenters. The lowest BCUT2D eigenvalue weighted by Gasteiger charge is -2.08. The number of hydrogen-bond donors (Lipinski definition) is 2. The summed E-state index contributed by atoms with van der Waals surface area (Å²) in [5.74, 6) is -0.306. The standard InChI is InChI=1S/C13H18N2O6/c16-7-9-20-8-3-6-14-13(17)10-21-12-5-2-1-4-11(12)15(18)19/h1-2,4-5,16H,3,6-10H2,(H,14,17). The molecule has 0 aromatic heterocycles. The Bertz CT molecular complexity index is 466. The summed E-state index contributed by atoms with van der Waals surface area (Å²) < 4.78 is 10.2. The molecule has 0 fully saturated rings. The van der Waals surface area contributed by atoms with Gasteiger partial charge in [0.2, 0.25) is 0 Å². The Morgan fingerprint density at radius 1 is 1.33 bits per heavy atom. The van der Waals surface area contributed by atoms with Crippen LogP contribution < -0.4 is 10.1 Å². The lowest BCUT2D eigenvalue weighted by molar-refractivity contribution is -0.385. The monoisotopic (exact) mass is 298 g/mol. The van der Waals surface area contributed by atoms with Crippen LogP contribution in [-0.2, 0) is 9.53 Å². The van der Waals surface area contributed by atoms with Crippen LogP contribution in [0, 0.1) is 10.1 Å². The number of carbonyl (C=O) groups is 1. The van der Waals surface area contributed by atoms with Gasteiger partial charge < -0.3 is 19.9 Å². The first-order chi connectivity index (χ1) is 10.1. The van der Waals surface area contributed by atoms with Crippen molar-refractivity contribution in [2.75, 3.05) is 33.0 Å². The number of aliphatic hydroxyl groups excluding tert-OH is 1. The molecular weight excluding hydrogens is 280 g/mol. The third kappa shape index (κ3) is 6.68. The van der Waals surface area contributed by atoms with Gasteiger partial charge in [0.15, 0.2) is 12.4 Å². The van der Waals surface area contributed by atoms with E-state index in [1.54, 1.807) is 6.07 Å². The summed E-state index contributed by atoms with van der Waals surface area (Å²) in [7, 11) is 0. The predicted octanol–water partition coefficient (Wildman–Crippen LogP) is 0.489. The number of rotatable bonds is 10. The number of nitrogens with zero attached hydrogens (tertiary/aromatic N) is 1. The summed E-state index contributed by atoms with van der Waals surface area (Å²) in [5.41, 5.74) is -0.178. The number of para-hydroxylation sites is 2. The number of amides is 1. The number of benzene rings is 1. The van der Waals surface area contributed by atoms with Gasteiger partial charge in [0.05, 0.1) is 18.1 Å². The van der Waals surface area contributed by atoms with Gasteiger partial charge in [0.1, 0.15) is 0 Å². The van der Waals surface area contributed by atoms with Crippen LogP contribution in [0.1, 0.15) is 6.42 Å². The van der Waals surface area contributed by atoms with E-state index in [1.807, 2.05) is 0 Å². The molecule has 0 bridgehead atoms. The van der Waals surface area contributed by atoms with E-state index < -0.39 is 4.92 Å². The molecule has 0 aliphatic heterocycles. The van der Waals surface area contributed by atoms with Crippen LogP contribution in [0.5, 0.6) is 5.75 Å². The van der Waals surface area contributed by atoms with Gasteiger partial charge >= 0.3 is 5.69 Å². The lowest BCUT2D eigenvalue weighted by atomic mass is 10.3. The van der Waals surface area contributed by atoms with E-state index in [0.29, 0.717) is 19.6 Å². The van der Waals surface area contributed by atoms with E-state index in [0.717, 1.165) is 0 Å². The molecule has 1 aromatic carbocycles. The third-order valence-electron chi connectivity index (χ3n) is 2.44. The Kier molecular flexibility index (Phi) is 7.77. The average Bonchev–Trinajstić information content (AvgIpc) is 2.49. The van der Waals surface area contributed by atoms with E-state index in [-0.39, 0.29) is 37.2 Å². The highest BCUT2D eigenvalue weighted by Crippen LogP contribution is 2.25. The highest BCUT2D eigenvalue weighted by Gasteiger charge is 2.14. The van der Waals surface area contributed by atoms with Crippen molar-refractivity contribution in [3.63, 3.8) is 0 Å². The zero-order valence-corrected chi connectivity index (χ0v) is 11.5. The summed E-state index contributed by atoms with van der Waals surface area (Å²) in [6.45, 7) is 0.795. The SMILES string of the molecule is O=C(COc1ccccc1[N+](=O)[O-])NCCCOCCO. The fourth-order valence-electron chi connectivity index (χ4n) is 1.49. The minimum atomic E-state index is -0.564. The maximum atomic E-state index is 11.5. The maximum absolute atomic E-state index is 11.5. The minimum absolute atomic E-state index is 0.0317. The Labute approximate surface area is 121 Å². The molecule has 0 heterocycles. The molecule has 0 aliphatic carbocycles. The Balaban J connectivity index is 2.26. The Morgan fingerprint density at radius 2 is 2.10 bits per heavy atom. The fourth-order valence-corrected chi connectivity index (χ4v) is 1.49. The molecule has 1 amide bonds. The number of aliphatic hydroxyl groups is 1. The molecular formula is C13H18N2O6. The number of hydrogen-bond acceptors (Lipinski definition) is 6. The van der Waals surface area contributed by atoms with Crippen molar-refractivity contribution in [2.24, 2.45) is 0 Å². The second kappa shape index (κ2) is 9.67. The van der Waals surface area contributed by atoms with Gasteiger partial charge in [-0.25, -0.2) is 0 Å². The van der Waals surface area contributed by atoms with Crippen LogP contribution in [-0.4, -0.2) is 48.9 Å². The van der Waals surface area contributed by atoms with Gasteiger partial charge in [0.25, 0.3) is 5.91 Å². The van der Waals surface area contributed by atoms with Crippen molar-refractivity contribution in [1.29, 1.82) is 0 Å². The van der Waals surface area contributed by atoms with Crippen molar-refractivity contribution in [3.05, 3.63) is 34.4 Å². The van der Waals surface area contributed by atoms with E-state index in [4.69, 9.17) is 14.6 Å². The number of carbonyl (C=O) groups excluding carboxylic acids is 1. The summed E-state index contributed by atoms with van der Waals surface area (Å²) in [6.07, 6.45) is 0.608. The minimum Gasteiger partial charge on any atom is -0.477 e. The zero-order chi connectivity index (χ0) is 15.5. The number of nitrogens with one attached hydrogen (secondary N) is 1. The van der Waals surface area contributed by atoms with Gasteiger partial charge in [0, 0.05) is 19.2 Å². The largest absolute Gasteiger partial charge is 0.477 e. The molecule has 21 heavy (non-hydrogen) atoms. The van der Waals surface area contributed by atoms with E-state index >= 15 is 0 Å². The molecule has 1 aromatic rings. The Morgan fingerprint density at radius 3 is 2.81 bits per heavy atom. The molecule has 8 nitrogen and oxygen atoms in total. The first-order valence-corrected chi connectivity index (χ1v) is 6.46. The zero-order valence-electron chi connectivity index (χ0n) is 11.5. The molecule has 116 valence electrons. The summed E-state index contributed by atoms with van der Waals surface area (Å²) >= 11 is 0. The van der Waals surface area contributed by atoms with Crippen LogP contribution in [0.4, 0.5) is 5.69 Å². The Hall–Kier alpha value is -2.19. The first kappa shape index (κ1) is 16.9. The highest BCUT2D eigenvalue weighted by atomic mass is 16.6. The molecule has 0 atom stereocenters. The molecule has 0 spiro atoms. The van der Waals surface area contributed by atoms with Crippen molar-refractivity contribution >= 4 is 11.6 Å². The van der Waals surface area contributed by atoms with E-state index in [2.05, 4.69) is 5.32 Å². The number of nitro groups is 1. The fraction of sp³-hybridized carbons (Fsp3) is 0.462. The van der Waals surface area contributed by atoms with Gasteiger partial charge in [-0.1, -0.05) is 12.1 Å². The smallest absolute Gasteiger partial charge is 0.310 e. The van der Waals surface area contributed by atoms with Crippen LogP contribution in [0.15, 0.2) is 24.3 Å². The second-order valence-electron chi connectivity index (χ2n) is 4.05. The van der Waals surface area contributed by atoms with Crippen molar-refractivity contribution < 1.29 is 24.3 Å². The van der Waals surface area contributed by atoms with Gasteiger partial charge in [-0.3, -0.25) is 14.9 Å². The molecule has 0 aliphatic rings. The van der Waals surface area contributed by atoms with Crippen LogP contribution >= 0.6 is 0 Å². The summed E-state index contributed by atoms with van der Waals surface area (Å²) in [6, 6.07) is 5.87. The molecule has 0 radical (unpaired) electrons. The predicted molar refractivity (Wildman–Crippen MR) is 74.1 cm³/mol. The highest BCUT2D eigenvalue weighted by molar-refractivity contribution is 5.77. The summed E-state index contributed by atoms with van der Waals surface area (Å²) in [4.78, 5) is 21.7. The molecule has 0 saturated heterocycles. The van der Waals surface area contributed by atoms with Crippen molar-refractivity contribution in [1.82, 2.24) is 5.32 Å². The van der Waals surface area contributed by atoms with E-state index in [1.165, 1.54) is 18.2 Å². The average molecular weight is 298 g/mol. The van der Waals surface area contributed by atoms with Crippen LogP contribution in [0.25, 0.3) is 0 Å². The first-order valence-electron chi connectivity index (χ1n) is 6.46. The molecule has 8 heteroatoms. The van der Waals surface area contributed by atoms with E-state index in [9.17, 15) is 14.9 Å². The maximum Gasteiger partial charge on any atom is 0.310 e. The summed E-state index contributed by atoms with van der Waals surface area (Å²) in [5, 5.41) is 21.9. The van der Waals surface area contributed by atoms with Crippen LogP contribution in [0.2, 0.25) is 0 Å². The quantitative estimate of drug-likeness (QED) is 0.369. The van der Waals surface area contributed by atoms with Gasteiger partial charge in [-0.05, 0) is 12.5 Å². The van der Waals surface area contributed by atoms with Crippen molar-refractivity contribution in [2.45, 2.75) is 6.42 Å². The number of nitro benzene ring substituents is 1. The molecule has 2 N–H and O–H groups in total. The van der Waals surface area contributed by atoms with Crippen LogP contribution in [0.3, 0.4) is 0 Å². The van der Waals surface area contributed by atoms with Crippen molar-refractivity contribution in [3.8, 4) is 5.75 Å².